The summed E-state index contributed by atoms with van der Waals surface area (Å²) in [5.41, 5.74) is -1.18. The van der Waals surface area contributed by atoms with Crippen molar-refractivity contribution in [2.45, 2.75) is 72.0 Å². The van der Waals surface area contributed by atoms with E-state index in [0.29, 0.717) is 18.6 Å². The first kappa shape index (κ1) is 21.3. The zero-order valence-electron chi connectivity index (χ0n) is 17.0. The third-order valence-corrected chi connectivity index (χ3v) is 9.31. The van der Waals surface area contributed by atoms with Crippen LogP contribution in [0.5, 0.6) is 0 Å². The van der Waals surface area contributed by atoms with E-state index in [2.05, 4.69) is 27.4 Å². The minimum absolute atomic E-state index is 0.00463. The second kappa shape index (κ2) is 7.12. The molecule has 0 amide bonds. The van der Waals surface area contributed by atoms with Gasteiger partial charge in [-0.15, -0.1) is 6.58 Å². The van der Waals surface area contributed by atoms with E-state index in [-0.39, 0.29) is 33.6 Å². The Morgan fingerprint density at radius 3 is 2.63 bits per heavy atom. The minimum Gasteiger partial charge on any atom is -0.461 e. The molecule has 2 bridgehead atoms. The Morgan fingerprint density at radius 2 is 2.04 bits per heavy atom. The molecule has 3 aliphatic rings. The number of Topliss-reactive ketones (excluding diaryl/α,β-unsaturated/α-hetero) is 1. The van der Waals surface area contributed by atoms with Gasteiger partial charge in [-0.05, 0) is 42.9 Å². The Kier molecular flexibility index (Phi) is 5.61. The summed E-state index contributed by atoms with van der Waals surface area (Å²) < 4.78 is 6.30. The van der Waals surface area contributed by atoms with Gasteiger partial charge in [-0.1, -0.05) is 56.4 Å². The number of halogens is 1. The lowest BCUT2D eigenvalue weighted by molar-refractivity contribution is -0.205. The maximum Gasteiger partial charge on any atom is 0.316 e. The maximum absolute atomic E-state index is 13.2. The summed E-state index contributed by atoms with van der Waals surface area (Å²) in [6, 6.07) is 0. The molecular formula is C22H33IO4. The summed E-state index contributed by atoms with van der Waals surface area (Å²) >= 11 is 2.02. The second-order valence-electron chi connectivity index (χ2n) is 9.70. The van der Waals surface area contributed by atoms with Crippen molar-refractivity contribution in [1.82, 2.24) is 0 Å². The quantitative estimate of drug-likeness (QED) is 0.278. The van der Waals surface area contributed by atoms with Gasteiger partial charge in [0.1, 0.15) is 11.9 Å². The zero-order valence-corrected chi connectivity index (χ0v) is 19.1. The topological polar surface area (TPSA) is 63.6 Å². The van der Waals surface area contributed by atoms with Crippen LogP contribution in [-0.2, 0) is 14.3 Å². The Labute approximate surface area is 176 Å². The zero-order chi connectivity index (χ0) is 20.2. The Bertz CT molecular complexity index is 648. The van der Waals surface area contributed by atoms with E-state index >= 15 is 0 Å². The van der Waals surface area contributed by atoms with Crippen LogP contribution >= 0.6 is 22.6 Å². The van der Waals surface area contributed by atoms with Gasteiger partial charge in [0, 0.05) is 23.2 Å². The number of aliphatic hydroxyl groups is 1. The van der Waals surface area contributed by atoms with Gasteiger partial charge < -0.3 is 9.84 Å². The summed E-state index contributed by atoms with van der Waals surface area (Å²) in [5.74, 6) is 0.178. The number of hydrogen-bond donors (Lipinski definition) is 1. The van der Waals surface area contributed by atoms with Crippen molar-refractivity contribution in [3.8, 4) is 0 Å². The first-order chi connectivity index (χ1) is 12.6. The molecule has 5 heteroatoms. The van der Waals surface area contributed by atoms with Crippen molar-refractivity contribution >= 4 is 34.3 Å². The molecule has 27 heavy (non-hydrogen) atoms. The first-order valence-electron chi connectivity index (χ1n) is 10.2. The number of carbonyl (C=O) groups excluding carboxylic acids is 2. The molecule has 3 rings (SSSR count). The molecule has 0 aromatic heterocycles. The lowest BCUT2D eigenvalue weighted by Gasteiger charge is -2.61. The van der Waals surface area contributed by atoms with Gasteiger partial charge in [0.25, 0.3) is 0 Å². The van der Waals surface area contributed by atoms with Gasteiger partial charge >= 0.3 is 5.97 Å². The van der Waals surface area contributed by atoms with Crippen molar-refractivity contribution in [1.29, 1.82) is 0 Å². The third kappa shape index (κ3) is 2.93. The Morgan fingerprint density at radius 1 is 1.37 bits per heavy atom. The highest BCUT2D eigenvalue weighted by molar-refractivity contribution is 14.1. The summed E-state index contributed by atoms with van der Waals surface area (Å²) in [5, 5.41) is 11.4. The molecule has 0 aromatic carbocycles. The number of alkyl halides is 1. The van der Waals surface area contributed by atoms with Gasteiger partial charge in [0.2, 0.25) is 0 Å². The van der Waals surface area contributed by atoms with E-state index < -0.39 is 23.0 Å². The van der Waals surface area contributed by atoms with Crippen LogP contribution in [0.1, 0.15) is 59.8 Å². The van der Waals surface area contributed by atoms with Crippen LogP contribution in [-0.4, -0.2) is 33.5 Å². The molecule has 0 radical (unpaired) electrons. The van der Waals surface area contributed by atoms with Crippen molar-refractivity contribution in [2.24, 2.45) is 34.0 Å². The van der Waals surface area contributed by atoms with Crippen molar-refractivity contribution in [3.05, 3.63) is 12.7 Å². The number of hydrogen-bond acceptors (Lipinski definition) is 4. The summed E-state index contributed by atoms with van der Waals surface area (Å²) in [7, 11) is 0. The van der Waals surface area contributed by atoms with Crippen LogP contribution < -0.4 is 0 Å². The summed E-state index contributed by atoms with van der Waals surface area (Å²) in [6.07, 6.45) is 4.69. The largest absolute Gasteiger partial charge is 0.461 e. The highest BCUT2D eigenvalue weighted by Gasteiger charge is 2.68. The van der Waals surface area contributed by atoms with E-state index in [9.17, 15) is 14.7 Å². The number of rotatable bonds is 3. The van der Waals surface area contributed by atoms with Crippen LogP contribution in [0.4, 0.5) is 0 Å². The van der Waals surface area contributed by atoms with E-state index in [1.54, 1.807) is 0 Å². The van der Waals surface area contributed by atoms with Gasteiger partial charge in [0.15, 0.2) is 0 Å². The molecule has 0 saturated heterocycles. The van der Waals surface area contributed by atoms with Crippen LogP contribution in [0.3, 0.4) is 0 Å². The molecule has 0 aromatic rings. The van der Waals surface area contributed by atoms with E-state index in [4.69, 9.17) is 4.74 Å². The molecule has 1 unspecified atom stereocenters. The van der Waals surface area contributed by atoms with Crippen molar-refractivity contribution < 1.29 is 19.4 Å². The number of esters is 1. The summed E-state index contributed by atoms with van der Waals surface area (Å²) in [4.78, 5) is 25.5. The fraction of sp³-hybridized carbons (Fsp3) is 0.818. The molecule has 3 saturated carbocycles. The fourth-order valence-corrected chi connectivity index (χ4v) is 6.87. The molecule has 3 aliphatic carbocycles. The predicted octanol–water partition coefficient (Wildman–Crippen LogP) is 4.33. The van der Waals surface area contributed by atoms with Gasteiger partial charge in [-0.2, -0.15) is 0 Å². The Balaban J connectivity index is 2.21. The van der Waals surface area contributed by atoms with E-state index in [1.807, 2.05) is 35.6 Å². The average molecular weight is 488 g/mol. The molecular weight excluding hydrogens is 455 g/mol. The number of aliphatic hydroxyl groups excluding tert-OH is 1. The van der Waals surface area contributed by atoms with Gasteiger partial charge in [-0.25, -0.2) is 0 Å². The predicted molar refractivity (Wildman–Crippen MR) is 114 cm³/mol. The van der Waals surface area contributed by atoms with Crippen LogP contribution in [0.15, 0.2) is 12.7 Å². The summed E-state index contributed by atoms with van der Waals surface area (Å²) in [6.45, 7) is 12.5. The molecule has 8 atom stereocenters. The first-order valence-corrected chi connectivity index (χ1v) is 11.7. The lowest BCUT2D eigenvalue weighted by Crippen LogP contribution is -2.63. The SMILES string of the molecule is C=C[C@]1(C)C[C@@H](OC(=O)CI)[C@]2(C)C(C)CC[C@]3(CCC(=O)[C@H]32)[C@@H](C)[C@@H]1O. The molecule has 0 aliphatic heterocycles. The number of carbonyl (C=O) groups is 2. The van der Waals surface area contributed by atoms with Crippen LogP contribution in [0, 0.1) is 34.0 Å². The standard InChI is InChI=1S/C22H33IO4/c1-6-20(4)11-16(27-17(25)12-23)21(5)13(2)7-9-22(14(3)19(20)26)10-8-15(24)18(21)22/h6,13-14,16,18-19,26H,1,7-12H2,2-5H3/t13?,14-,16+,18-,19-,20+,21-,22-/m0/s1. The number of ether oxygens (including phenoxy) is 1. The van der Waals surface area contributed by atoms with Crippen molar-refractivity contribution in [3.63, 3.8) is 0 Å². The number of ketones is 1. The highest BCUT2D eigenvalue weighted by Crippen LogP contribution is 2.67. The smallest absolute Gasteiger partial charge is 0.316 e. The van der Waals surface area contributed by atoms with Gasteiger partial charge in [-0.3, -0.25) is 9.59 Å². The molecule has 0 spiro atoms. The normalized spacial score (nSPS) is 49.7. The Hall–Kier alpha value is -0.430. The van der Waals surface area contributed by atoms with E-state index in [0.717, 1.165) is 19.3 Å². The van der Waals surface area contributed by atoms with Crippen molar-refractivity contribution in [2.75, 3.05) is 4.43 Å². The maximum atomic E-state index is 13.2. The highest BCUT2D eigenvalue weighted by atomic mass is 127. The monoisotopic (exact) mass is 488 g/mol. The second-order valence-corrected chi connectivity index (χ2v) is 10.5. The molecule has 3 fully saturated rings. The fourth-order valence-electron chi connectivity index (χ4n) is 6.69. The minimum atomic E-state index is -0.609. The molecule has 0 heterocycles. The lowest BCUT2D eigenvalue weighted by atomic mass is 9.44. The van der Waals surface area contributed by atoms with Crippen LogP contribution in [0.25, 0.3) is 0 Å². The third-order valence-electron chi connectivity index (χ3n) is 8.68. The molecule has 1 N–H and O–H groups in total. The van der Waals surface area contributed by atoms with E-state index in [1.165, 1.54) is 0 Å². The van der Waals surface area contributed by atoms with Crippen LogP contribution in [0.2, 0.25) is 0 Å². The molecule has 152 valence electrons. The average Bonchev–Trinajstić information content (AvgIpc) is 3.00. The molecule has 4 nitrogen and oxygen atoms in total. The van der Waals surface area contributed by atoms with Gasteiger partial charge in [0.05, 0.1) is 10.5 Å².